The highest BCUT2D eigenvalue weighted by atomic mass is 16.1. The average Bonchev–Trinajstić information content (AvgIpc) is 2.87. The first-order valence-corrected chi connectivity index (χ1v) is 13.6. The van der Waals surface area contributed by atoms with E-state index in [0.717, 1.165) is 48.8 Å². The lowest BCUT2D eigenvalue weighted by molar-refractivity contribution is -0.111. The third-order valence-corrected chi connectivity index (χ3v) is 6.50. The molecule has 0 heterocycles. The molecule has 3 rings (SSSR count). The van der Waals surface area contributed by atoms with Gasteiger partial charge in [0.15, 0.2) is 0 Å². The van der Waals surface area contributed by atoms with E-state index in [1.54, 1.807) is 6.08 Å². The van der Waals surface area contributed by atoms with Crippen molar-refractivity contribution >= 4 is 34.2 Å². The Labute approximate surface area is 223 Å². The van der Waals surface area contributed by atoms with Gasteiger partial charge in [0.05, 0.1) is 22.8 Å². The number of ketones is 1. The fourth-order valence-corrected chi connectivity index (χ4v) is 4.60. The van der Waals surface area contributed by atoms with Crippen molar-refractivity contribution in [2.75, 3.05) is 34.8 Å². The summed E-state index contributed by atoms with van der Waals surface area (Å²) < 4.78 is 0. The lowest BCUT2D eigenvalue weighted by Crippen LogP contribution is -2.30. The lowest BCUT2D eigenvalue weighted by atomic mass is 10.0. The molecule has 1 aliphatic carbocycles. The van der Waals surface area contributed by atoms with Crippen molar-refractivity contribution in [3.63, 3.8) is 0 Å². The van der Waals surface area contributed by atoms with Crippen molar-refractivity contribution in [2.24, 2.45) is 4.99 Å². The van der Waals surface area contributed by atoms with E-state index < -0.39 is 0 Å². The monoisotopic (exact) mass is 501 g/mol. The molecule has 0 aromatic heterocycles. The van der Waals surface area contributed by atoms with Gasteiger partial charge in [-0.05, 0) is 103 Å². The standard InChI is InChI=1S/C31H43N5O/c1-8-19-32-28-21-31(37)30(34-25-13-17-27(18-14-25)36(10-3)23(6)7)20-29(28)33-24-11-15-26(16-12-24)35(9-2)22(4)5/h11-18,20-23,32,34H,8-10,19H2,1-7H3. The van der Waals surface area contributed by atoms with Gasteiger partial charge in [0.1, 0.15) is 0 Å². The first-order chi connectivity index (χ1) is 17.8. The summed E-state index contributed by atoms with van der Waals surface area (Å²) in [4.78, 5) is 22.6. The van der Waals surface area contributed by atoms with Crippen molar-refractivity contribution < 1.29 is 4.79 Å². The van der Waals surface area contributed by atoms with Gasteiger partial charge in [-0.2, -0.15) is 0 Å². The molecule has 0 bridgehead atoms. The Hall–Kier alpha value is -3.54. The Morgan fingerprint density at radius 3 is 1.78 bits per heavy atom. The molecule has 0 spiro atoms. The summed E-state index contributed by atoms with van der Waals surface area (Å²) in [6.07, 6.45) is 4.46. The summed E-state index contributed by atoms with van der Waals surface area (Å²) in [6.45, 7) is 17.9. The number of carbonyl (C=O) groups excluding carboxylic acids is 1. The summed E-state index contributed by atoms with van der Waals surface area (Å²) >= 11 is 0. The first kappa shape index (κ1) is 28.0. The molecule has 198 valence electrons. The summed E-state index contributed by atoms with van der Waals surface area (Å²) in [5.41, 5.74) is 6.09. The zero-order valence-electron chi connectivity index (χ0n) is 23.5. The van der Waals surface area contributed by atoms with E-state index in [4.69, 9.17) is 4.99 Å². The van der Waals surface area contributed by atoms with Gasteiger partial charge in [-0.1, -0.05) is 6.92 Å². The molecule has 0 radical (unpaired) electrons. The molecule has 2 aromatic rings. The van der Waals surface area contributed by atoms with E-state index in [1.165, 1.54) is 11.4 Å². The molecule has 0 atom stereocenters. The number of hydrogen-bond acceptors (Lipinski definition) is 6. The smallest absolute Gasteiger partial charge is 0.204 e. The molecule has 2 aromatic carbocycles. The van der Waals surface area contributed by atoms with Gasteiger partial charge < -0.3 is 20.4 Å². The third kappa shape index (κ3) is 7.25. The second-order valence-corrected chi connectivity index (χ2v) is 9.85. The Morgan fingerprint density at radius 1 is 0.757 bits per heavy atom. The third-order valence-electron chi connectivity index (χ3n) is 6.50. The molecule has 0 saturated carbocycles. The van der Waals surface area contributed by atoms with Gasteiger partial charge >= 0.3 is 0 Å². The van der Waals surface area contributed by atoms with E-state index in [9.17, 15) is 4.79 Å². The van der Waals surface area contributed by atoms with Crippen molar-refractivity contribution in [1.29, 1.82) is 0 Å². The normalized spacial score (nSPS) is 14.6. The molecule has 0 fully saturated rings. The number of aliphatic imine (C=N–C) groups is 1. The van der Waals surface area contributed by atoms with Crippen LogP contribution in [0.1, 0.15) is 54.9 Å². The van der Waals surface area contributed by atoms with E-state index in [2.05, 4.69) is 93.2 Å². The predicted octanol–water partition coefficient (Wildman–Crippen LogP) is 6.69. The minimum atomic E-state index is -0.0649. The van der Waals surface area contributed by atoms with E-state index >= 15 is 0 Å². The van der Waals surface area contributed by atoms with Crippen LogP contribution in [0, 0.1) is 0 Å². The van der Waals surface area contributed by atoms with Gasteiger partial charge in [-0.25, -0.2) is 4.99 Å². The second kappa shape index (κ2) is 13.1. The number of hydrogen-bond donors (Lipinski definition) is 2. The minimum Gasteiger partial charge on any atom is -0.383 e. The maximum atomic E-state index is 13.0. The molecule has 6 nitrogen and oxygen atoms in total. The van der Waals surface area contributed by atoms with Crippen LogP contribution in [0.15, 0.2) is 77.1 Å². The van der Waals surface area contributed by atoms with E-state index in [0.29, 0.717) is 17.8 Å². The highest BCUT2D eigenvalue weighted by Crippen LogP contribution is 2.25. The topological polar surface area (TPSA) is 60.0 Å². The summed E-state index contributed by atoms with van der Waals surface area (Å²) in [5.74, 6) is -0.0649. The predicted molar refractivity (Wildman–Crippen MR) is 159 cm³/mol. The van der Waals surface area contributed by atoms with Crippen LogP contribution in [0.2, 0.25) is 0 Å². The van der Waals surface area contributed by atoms with Crippen molar-refractivity contribution in [2.45, 2.75) is 67.0 Å². The van der Waals surface area contributed by atoms with Crippen LogP contribution in [0.5, 0.6) is 0 Å². The van der Waals surface area contributed by atoms with Gasteiger partial charge in [0.2, 0.25) is 5.78 Å². The Kier molecular flexibility index (Phi) is 9.95. The number of nitrogens with one attached hydrogen (secondary N) is 2. The van der Waals surface area contributed by atoms with Crippen LogP contribution in [-0.4, -0.2) is 43.2 Å². The van der Waals surface area contributed by atoms with Crippen LogP contribution in [-0.2, 0) is 4.79 Å². The molecule has 0 aliphatic heterocycles. The highest BCUT2D eigenvalue weighted by Gasteiger charge is 2.19. The summed E-state index contributed by atoms with van der Waals surface area (Å²) in [5, 5.41) is 6.68. The highest BCUT2D eigenvalue weighted by molar-refractivity contribution is 6.23. The van der Waals surface area contributed by atoms with Gasteiger partial charge in [-0.3, -0.25) is 4.79 Å². The Morgan fingerprint density at radius 2 is 1.30 bits per heavy atom. The number of nitrogens with zero attached hydrogens (tertiary/aromatic N) is 3. The van der Waals surface area contributed by atoms with Crippen LogP contribution in [0.4, 0.5) is 22.7 Å². The van der Waals surface area contributed by atoms with E-state index in [1.807, 2.05) is 30.3 Å². The van der Waals surface area contributed by atoms with Crippen molar-refractivity contribution in [3.05, 3.63) is 72.1 Å². The number of anilines is 3. The van der Waals surface area contributed by atoms with Crippen LogP contribution in [0.25, 0.3) is 0 Å². The molecule has 0 amide bonds. The molecule has 6 heteroatoms. The summed E-state index contributed by atoms with van der Waals surface area (Å²) in [7, 11) is 0. The molecule has 37 heavy (non-hydrogen) atoms. The maximum Gasteiger partial charge on any atom is 0.204 e. The number of allylic oxidation sites excluding steroid dienone is 2. The first-order valence-electron chi connectivity index (χ1n) is 13.6. The quantitative estimate of drug-likeness (QED) is 0.317. The lowest BCUT2D eigenvalue weighted by Gasteiger charge is -2.27. The zero-order valence-corrected chi connectivity index (χ0v) is 23.5. The minimum absolute atomic E-state index is 0.0649. The fourth-order valence-electron chi connectivity index (χ4n) is 4.60. The molecule has 2 N–H and O–H groups in total. The Bertz CT molecular complexity index is 1130. The zero-order chi connectivity index (χ0) is 26.9. The van der Waals surface area contributed by atoms with Crippen molar-refractivity contribution in [3.8, 4) is 0 Å². The van der Waals surface area contributed by atoms with Gasteiger partial charge in [0, 0.05) is 54.9 Å². The Balaban J connectivity index is 1.87. The average molecular weight is 502 g/mol. The molecule has 0 unspecified atom stereocenters. The van der Waals surface area contributed by atoms with Gasteiger partial charge in [-0.15, -0.1) is 0 Å². The van der Waals surface area contributed by atoms with Gasteiger partial charge in [0.25, 0.3) is 0 Å². The fraction of sp³-hybridized carbons (Fsp3) is 0.419. The molecular formula is C31H43N5O. The number of carbonyl (C=O) groups is 1. The van der Waals surface area contributed by atoms with E-state index in [-0.39, 0.29) is 5.78 Å². The number of benzene rings is 2. The van der Waals surface area contributed by atoms with Crippen LogP contribution < -0.4 is 20.4 Å². The SMILES string of the molecule is CCCNC1=CC(=O)C(Nc2ccc(N(CC)C(C)C)cc2)=CC1=Nc1ccc(N(CC)C(C)C)cc1. The molecular weight excluding hydrogens is 458 g/mol. The molecule has 0 saturated heterocycles. The maximum absolute atomic E-state index is 13.0. The second-order valence-electron chi connectivity index (χ2n) is 9.85. The van der Waals surface area contributed by atoms with Crippen LogP contribution >= 0.6 is 0 Å². The largest absolute Gasteiger partial charge is 0.383 e. The summed E-state index contributed by atoms with van der Waals surface area (Å²) in [6, 6.07) is 17.4. The number of rotatable bonds is 12. The van der Waals surface area contributed by atoms with Crippen LogP contribution in [0.3, 0.4) is 0 Å². The molecule has 1 aliphatic rings. The van der Waals surface area contributed by atoms with Crippen molar-refractivity contribution in [1.82, 2.24) is 5.32 Å².